The maximum absolute atomic E-state index is 15.1. The van der Waals surface area contributed by atoms with E-state index in [4.69, 9.17) is 4.74 Å². The van der Waals surface area contributed by atoms with Crippen molar-refractivity contribution >= 4 is 11.1 Å². The number of methoxy groups -OCH3 is 1. The van der Waals surface area contributed by atoms with Gasteiger partial charge in [-0.2, -0.15) is 0 Å². The van der Waals surface area contributed by atoms with Crippen LogP contribution < -0.4 is 0 Å². The highest BCUT2D eigenvalue weighted by atomic mass is 19.2. The Morgan fingerprint density at radius 3 is 1.81 bits per heavy atom. The third-order valence-corrected chi connectivity index (χ3v) is 6.94. The van der Waals surface area contributed by atoms with E-state index in [1.54, 1.807) is 36.4 Å². The van der Waals surface area contributed by atoms with Crippen molar-refractivity contribution in [1.82, 2.24) is 0 Å². The molecule has 0 amide bonds. The third-order valence-electron chi connectivity index (χ3n) is 6.94. The van der Waals surface area contributed by atoms with Gasteiger partial charge in [0.25, 0.3) is 0 Å². The predicted molar refractivity (Wildman–Crippen MR) is 121 cm³/mol. The molecule has 1 aromatic carbocycles. The highest BCUT2D eigenvalue weighted by Gasteiger charge is 2.36. The van der Waals surface area contributed by atoms with Gasteiger partial charge in [0.1, 0.15) is 5.76 Å². The first kappa shape index (κ1) is 22.6. The van der Waals surface area contributed by atoms with Crippen molar-refractivity contribution in [1.29, 1.82) is 0 Å². The first-order valence-electron chi connectivity index (χ1n) is 11.1. The summed E-state index contributed by atoms with van der Waals surface area (Å²) in [6.45, 7) is 3.83. The molecule has 1 saturated carbocycles. The smallest absolute Gasteiger partial charge is 0.192 e. The van der Waals surface area contributed by atoms with Gasteiger partial charge in [0, 0.05) is 0 Å². The van der Waals surface area contributed by atoms with Crippen LogP contribution in [0, 0.1) is 11.8 Å². The van der Waals surface area contributed by atoms with Crippen molar-refractivity contribution in [2.75, 3.05) is 7.11 Å². The van der Waals surface area contributed by atoms with Crippen LogP contribution in [0.15, 0.2) is 72.6 Å². The minimum atomic E-state index is -1.87. The number of hydrogen-bond acceptors (Lipinski definition) is 1. The van der Waals surface area contributed by atoms with Crippen LogP contribution in [-0.2, 0) is 4.74 Å². The van der Waals surface area contributed by atoms with E-state index >= 15 is 8.78 Å². The summed E-state index contributed by atoms with van der Waals surface area (Å²) in [6, 6.07) is 6.49. The summed E-state index contributed by atoms with van der Waals surface area (Å²) in [4.78, 5) is 0. The molecule has 4 atom stereocenters. The molecule has 0 heterocycles. The van der Waals surface area contributed by atoms with E-state index < -0.39 is 24.7 Å². The molecule has 0 N–H and O–H groups in total. The Morgan fingerprint density at radius 1 is 0.750 bits per heavy atom. The molecule has 3 aliphatic rings. The number of hydrogen-bond donors (Lipinski definition) is 0. The minimum Gasteiger partial charge on any atom is -0.498 e. The van der Waals surface area contributed by atoms with Crippen molar-refractivity contribution in [2.45, 2.75) is 50.4 Å². The summed E-state index contributed by atoms with van der Waals surface area (Å²) < 4.78 is 63.6. The second-order valence-corrected chi connectivity index (χ2v) is 8.72. The zero-order valence-corrected chi connectivity index (χ0v) is 18.1. The van der Waals surface area contributed by atoms with Crippen LogP contribution in [0.3, 0.4) is 0 Å². The summed E-state index contributed by atoms with van der Waals surface area (Å²) >= 11 is 0. The van der Waals surface area contributed by atoms with Gasteiger partial charge in [0.05, 0.1) is 7.11 Å². The van der Waals surface area contributed by atoms with Crippen LogP contribution in [0.2, 0.25) is 0 Å². The first-order chi connectivity index (χ1) is 15.4. The summed E-state index contributed by atoms with van der Waals surface area (Å²) in [5.74, 6) is 0.477. The molecule has 4 rings (SSSR count). The van der Waals surface area contributed by atoms with Crippen LogP contribution >= 0.6 is 0 Å². The standard InChI is InChI=1S/C27H28F4O/c1-3-16-4-6-17(7-5-16)20-12-13-21(25(29)24(20)28)18-8-10-19(11-9-18)22-14-15-23(32-2)27(31)26(22)30/h3,8-17,24-27H,1,4-7H2,2H3. The molecule has 0 aromatic heterocycles. The van der Waals surface area contributed by atoms with Gasteiger partial charge in [0.2, 0.25) is 0 Å². The van der Waals surface area contributed by atoms with Gasteiger partial charge in [-0.25, -0.2) is 17.6 Å². The number of rotatable bonds is 5. The molecule has 0 bridgehead atoms. The topological polar surface area (TPSA) is 9.23 Å². The summed E-state index contributed by atoms with van der Waals surface area (Å²) in [5, 5.41) is 0. The molecular formula is C27H28F4O. The Kier molecular flexibility index (Phi) is 6.73. The van der Waals surface area contributed by atoms with Crippen LogP contribution in [0.4, 0.5) is 17.6 Å². The SMILES string of the molecule is C=CC1CCC(C2=CC=C(c3ccc(C4=CC=C(OC)C(F)C4F)cc3)C(F)C2F)CC1. The van der Waals surface area contributed by atoms with Crippen molar-refractivity contribution in [3.8, 4) is 0 Å². The average Bonchev–Trinajstić information content (AvgIpc) is 2.83. The predicted octanol–water partition coefficient (Wildman–Crippen LogP) is 7.28. The second kappa shape index (κ2) is 9.51. The van der Waals surface area contributed by atoms with E-state index in [2.05, 4.69) is 6.58 Å². The maximum Gasteiger partial charge on any atom is 0.192 e. The van der Waals surface area contributed by atoms with Gasteiger partial charge in [0.15, 0.2) is 24.7 Å². The molecule has 0 spiro atoms. The quantitative estimate of drug-likeness (QED) is 0.342. The Bertz CT molecular complexity index is 964. The Labute approximate surface area is 186 Å². The summed E-state index contributed by atoms with van der Waals surface area (Å²) in [7, 11) is 1.30. The van der Waals surface area contributed by atoms with Gasteiger partial charge in [-0.1, -0.05) is 48.6 Å². The van der Waals surface area contributed by atoms with E-state index in [1.165, 1.54) is 19.3 Å². The second-order valence-electron chi connectivity index (χ2n) is 8.72. The highest BCUT2D eigenvalue weighted by molar-refractivity contribution is 5.77. The fraction of sp³-hybridized carbons (Fsp3) is 0.407. The molecule has 32 heavy (non-hydrogen) atoms. The lowest BCUT2D eigenvalue weighted by Crippen LogP contribution is -2.29. The van der Waals surface area contributed by atoms with Gasteiger partial charge in [-0.15, -0.1) is 6.58 Å². The third kappa shape index (κ3) is 4.22. The molecule has 0 radical (unpaired) electrons. The van der Waals surface area contributed by atoms with Gasteiger partial charge >= 0.3 is 0 Å². The molecule has 0 aliphatic heterocycles. The Balaban J connectivity index is 1.54. The van der Waals surface area contributed by atoms with E-state index in [0.29, 0.717) is 22.6 Å². The van der Waals surface area contributed by atoms with Gasteiger partial charge in [-0.3, -0.25) is 0 Å². The zero-order chi connectivity index (χ0) is 22.8. The lowest BCUT2D eigenvalue weighted by Gasteiger charge is -2.33. The molecule has 4 unspecified atom stereocenters. The van der Waals surface area contributed by atoms with Crippen molar-refractivity contribution in [3.05, 3.63) is 83.7 Å². The number of benzene rings is 1. The van der Waals surface area contributed by atoms with E-state index in [-0.39, 0.29) is 22.8 Å². The molecule has 170 valence electrons. The number of allylic oxidation sites excluding steroid dienone is 9. The molecular weight excluding hydrogens is 416 g/mol. The normalized spacial score (nSPS) is 32.9. The van der Waals surface area contributed by atoms with E-state index in [1.807, 2.05) is 6.08 Å². The number of ether oxygens (including phenoxy) is 1. The van der Waals surface area contributed by atoms with Gasteiger partial charge in [-0.05, 0) is 71.4 Å². The minimum absolute atomic E-state index is 0.0555. The Morgan fingerprint density at radius 2 is 1.28 bits per heavy atom. The van der Waals surface area contributed by atoms with Crippen LogP contribution in [0.1, 0.15) is 36.8 Å². The van der Waals surface area contributed by atoms with Crippen LogP contribution in [0.25, 0.3) is 11.1 Å². The fourth-order valence-corrected chi connectivity index (χ4v) is 4.95. The summed E-state index contributed by atoms with van der Waals surface area (Å²) in [5.41, 5.74) is 2.04. The molecule has 0 saturated heterocycles. The van der Waals surface area contributed by atoms with E-state index in [9.17, 15) is 8.78 Å². The Hall–Kier alpha value is -2.56. The first-order valence-corrected chi connectivity index (χ1v) is 11.1. The van der Waals surface area contributed by atoms with Gasteiger partial charge < -0.3 is 4.74 Å². The monoisotopic (exact) mass is 444 g/mol. The molecule has 5 heteroatoms. The summed E-state index contributed by atoms with van der Waals surface area (Å²) in [6.07, 6.45) is 4.73. The molecule has 3 aliphatic carbocycles. The zero-order valence-electron chi connectivity index (χ0n) is 18.1. The molecule has 1 aromatic rings. The van der Waals surface area contributed by atoms with Crippen molar-refractivity contribution in [2.24, 2.45) is 11.8 Å². The fourth-order valence-electron chi connectivity index (χ4n) is 4.95. The van der Waals surface area contributed by atoms with Crippen molar-refractivity contribution in [3.63, 3.8) is 0 Å². The molecule has 1 nitrogen and oxygen atoms in total. The van der Waals surface area contributed by atoms with Crippen LogP contribution in [0.5, 0.6) is 0 Å². The largest absolute Gasteiger partial charge is 0.498 e. The average molecular weight is 445 g/mol. The molecule has 1 fully saturated rings. The number of halogens is 4. The van der Waals surface area contributed by atoms with Crippen LogP contribution in [-0.4, -0.2) is 31.8 Å². The van der Waals surface area contributed by atoms with Crippen molar-refractivity contribution < 1.29 is 22.3 Å². The van der Waals surface area contributed by atoms with E-state index in [0.717, 1.165) is 25.7 Å². The highest BCUT2D eigenvalue weighted by Crippen LogP contribution is 2.41. The number of alkyl halides is 4. The maximum atomic E-state index is 15.1. The lowest BCUT2D eigenvalue weighted by molar-refractivity contribution is 0.152. The lowest BCUT2D eigenvalue weighted by atomic mass is 9.74.